The smallest absolute Gasteiger partial charge is 0.265 e. The van der Waals surface area contributed by atoms with Gasteiger partial charge in [0.15, 0.2) is 0 Å². The number of nitrogens with zero attached hydrogens (tertiary/aromatic N) is 1. The Hall–Kier alpha value is -2.08. The van der Waals surface area contributed by atoms with Crippen molar-refractivity contribution in [3.63, 3.8) is 0 Å². The SMILES string of the molecule is CCCc1ccc(NS(=O)(=O)c2cnccc2NC)cc1. The molecule has 5 nitrogen and oxygen atoms in total. The Morgan fingerprint density at radius 3 is 2.48 bits per heavy atom. The van der Waals surface area contributed by atoms with Crippen molar-refractivity contribution in [1.29, 1.82) is 0 Å². The fourth-order valence-electron chi connectivity index (χ4n) is 2.04. The highest BCUT2D eigenvalue weighted by Crippen LogP contribution is 2.22. The lowest BCUT2D eigenvalue weighted by atomic mass is 10.1. The highest BCUT2D eigenvalue weighted by molar-refractivity contribution is 7.92. The standard InChI is InChI=1S/C15H19N3O2S/c1-3-4-12-5-7-13(8-6-12)18-21(19,20)15-11-17-10-9-14(15)16-2/h5-11,18H,3-4H2,1-2H3,(H,16,17). The highest BCUT2D eigenvalue weighted by atomic mass is 32.2. The van der Waals surface area contributed by atoms with Crippen molar-refractivity contribution in [1.82, 2.24) is 4.98 Å². The van der Waals surface area contributed by atoms with Crippen LogP contribution in [0.5, 0.6) is 0 Å². The quantitative estimate of drug-likeness (QED) is 0.861. The van der Waals surface area contributed by atoms with E-state index in [0.29, 0.717) is 11.4 Å². The number of anilines is 2. The van der Waals surface area contributed by atoms with E-state index in [1.807, 2.05) is 12.1 Å². The first-order valence-corrected chi connectivity index (χ1v) is 8.28. The molecule has 0 unspecified atom stereocenters. The summed E-state index contributed by atoms with van der Waals surface area (Å²) in [7, 11) is -1.98. The van der Waals surface area contributed by atoms with Crippen molar-refractivity contribution >= 4 is 21.4 Å². The lowest BCUT2D eigenvalue weighted by Gasteiger charge is -2.11. The summed E-state index contributed by atoms with van der Waals surface area (Å²) in [5, 5.41) is 2.85. The monoisotopic (exact) mass is 305 g/mol. The molecule has 2 aromatic rings. The van der Waals surface area contributed by atoms with Crippen LogP contribution in [0.25, 0.3) is 0 Å². The minimum atomic E-state index is -3.66. The van der Waals surface area contributed by atoms with Gasteiger partial charge in [0.25, 0.3) is 10.0 Å². The summed E-state index contributed by atoms with van der Waals surface area (Å²) in [6.07, 6.45) is 4.93. The fourth-order valence-corrected chi connectivity index (χ4v) is 3.25. The Morgan fingerprint density at radius 1 is 1.14 bits per heavy atom. The molecule has 6 heteroatoms. The van der Waals surface area contributed by atoms with E-state index in [0.717, 1.165) is 12.8 Å². The van der Waals surface area contributed by atoms with Gasteiger partial charge in [-0.15, -0.1) is 0 Å². The van der Waals surface area contributed by atoms with Crippen LogP contribution < -0.4 is 10.0 Å². The molecule has 0 radical (unpaired) electrons. The molecular weight excluding hydrogens is 286 g/mol. The third-order valence-corrected chi connectivity index (χ3v) is 4.50. The van der Waals surface area contributed by atoms with Crippen molar-refractivity contribution < 1.29 is 8.42 Å². The van der Waals surface area contributed by atoms with Gasteiger partial charge in [-0.05, 0) is 30.2 Å². The lowest BCUT2D eigenvalue weighted by Crippen LogP contribution is -2.15. The number of sulfonamides is 1. The Labute approximate surface area is 125 Å². The van der Waals surface area contributed by atoms with Gasteiger partial charge >= 0.3 is 0 Å². The molecule has 0 saturated carbocycles. The number of hydrogen-bond acceptors (Lipinski definition) is 4. The van der Waals surface area contributed by atoms with Gasteiger partial charge in [0.05, 0.1) is 5.69 Å². The third-order valence-electron chi connectivity index (χ3n) is 3.09. The van der Waals surface area contributed by atoms with Gasteiger partial charge in [-0.2, -0.15) is 0 Å². The molecule has 2 N–H and O–H groups in total. The molecule has 1 aromatic carbocycles. The molecule has 0 amide bonds. The molecule has 0 fully saturated rings. The maximum Gasteiger partial charge on any atom is 0.265 e. The number of aryl methyl sites for hydroxylation is 1. The summed E-state index contributed by atoms with van der Waals surface area (Å²) < 4.78 is 27.4. The lowest BCUT2D eigenvalue weighted by molar-refractivity contribution is 0.601. The van der Waals surface area contributed by atoms with Gasteiger partial charge in [0, 0.05) is 25.1 Å². The van der Waals surface area contributed by atoms with Crippen LogP contribution in [0.1, 0.15) is 18.9 Å². The van der Waals surface area contributed by atoms with Crippen LogP contribution in [0.2, 0.25) is 0 Å². The summed E-state index contributed by atoms with van der Waals surface area (Å²) in [5.74, 6) is 0. The first-order valence-electron chi connectivity index (χ1n) is 6.80. The molecule has 1 aromatic heterocycles. The molecule has 1 heterocycles. The second kappa shape index (κ2) is 6.58. The van der Waals surface area contributed by atoms with Crippen LogP contribution in [0.15, 0.2) is 47.6 Å². The van der Waals surface area contributed by atoms with E-state index in [4.69, 9.17) is 0 Å². The Kier molecular flexibility index (Phi) is 4.80. The summed E-state index contributed by atoms with van der Waals surface area (Å²) >= 11 is 0. The Morgan fingerprint density at radius 2 is 1.86 bits per heavy atom. The van der Waals surface area contributed by atoms with E-state index in [-0.39, 0.29) is 4.90 Å². The van der Waals surface area contributed by atoms with Crippen LogP contribution in [-0.4, -0.2) is 20.4 Å². The summed E-state index contributed by atoms with van der Waals surface area (Å²) in [6.45, 7) is 2.11. The minimum absolute atomic E-state index is 0.130. The average molecular weight is 305 g/mol. The third kappa shape index (κ3) is 3.72. The van der Waals surface area contributed by atoms with Gasteiger partial charge in [-0.25, -0.2) is 8.42 Å². The van der Waals surface area contributed by atoms with Crippen molar-refractivity contribution in [2.45, 2.75) is 24.7 Å². The first kappa shape index (κ1) is 15.3. The summed E-state index contributed by atoms with van der Waals surface area (Å²) in [5.41, 5.74) is 2.25. The second-order valence-corrected chi connectivity index (χ2v) is 6.33. The predicted molar refractivity (Wildman–Crippen MR) is 85.0 cm³/mol. The fraction of sp³-hybridized carbons (Fsp3) is 0.267. The summed E-state index contributed by atoms with van der Waals surface area (Å²) in [6, 6.07) is 9.04. The van der Waals surface area contributed by atoms with Gasteiger partial charge < -0.3 is 5.32 Å². The molecular formula is C15H19N3O2S. The van der Waals surface area contributed by atoms with E-state index in [2.05, 4.69) is 21.9 Å². The van der Waals surface area contributed by atoms with E-state index in [1.165, 1.54) is 11.8 Å². The maximum absolute atomic E-state index is 12.4. The molecule has 0 atom stereocenters. The van der Waals surface area contributed by atoms with Crippen molar-refractivity contribution in [2.24, 2.45) is 0 Å². The van der Waals surface area contributed by atoms with Gasteiger partial charge in [-0.3, -0.25) is 9.71 Å². The van der Waals surface area contributed by atoms with Crippen LogP contribution in [-0.2, 0) is 16.4 Å². The van der Waals surface area contributed by atoms with Crippen molar-refractivity contribution in [3.05, 3.63) is 48.3 Å². The van der Waals surface area contributed by atoms with Crippen LogP contribution in [0, 0.1) is 0 Å². The zero-order chi connectivity index (χ0) is 15.3. The topological polar surface area (TPSA) is 71.1 Å². The predicted octanol–water partition coefficient (Wildman–Crippen LogP) is 2.88. The number of hydrogen-bond donors (Lipinski definition) is 2. The molecule has 0 aliphatic rings. The average Bonchev–Trinajstić information content (AvgIpc) is 2.49. The van der Waals surface area contributed by atoms with Crippen molar-refractivity contribution in [2.75, 3.05) is 17.1 Å². The number of pyridine rings is 1. The molecule has 0 bridgehead atoms. The van der Waals surface area contributed by atoms with Gasteiger partial charge in [0.2, 0.25) is 0 Å². The zero-order valence-corrected chi connectivity index (χ0v) is 12.9. The Balaban J connectivity index is 2.24. The number of rotatable bonds is 6. The maximum atomic E-state index is 12.4. The van der Waals surface area contributed by atoms with Crippen LogP contribution in [0.3, 0.4) is 0 Å². The minimum Gasteiger partial charge on any atom is -0.387 e. The number of aromatic nitrogens is 1. The largest absolute Gasteiger partial charge is 0.387 e. The molecule has 0 spiro atoms. The second-order valence-electron chi connectivity index (χ2n) is 4.67. The van der Waals surface area contributed by atoms with Crippen LogP contribution >= 0.6 is 0 Å². The summed E-state index contributed by atoms with van der Waals surface area (Å²) in [4.78, 5) is 4.01. The molecule has 112 valence electrons. The number of nitrogens with one attached hydrogen (secondary N) is 2. The number of benzene rings is 1. The van der Waals surface area contributed by atoms with Crippen LogP contribution in [0.4, 0.5) is 11.4 Å². The molecule has 0 aliphatic heterocycles. The van der Waals surface area contributed by atoms with E-state index in [9.17, 15) is 8.42 Å². The Bertz CT molecular complexity index is 697. The van der Waals surface area contributed by atoms with E-state index in [1.54, 1.807) is 31.4 Å². The van der Waals surface area contributed by atoms with E-state index < -0.39 is 10.0 Å². The zero-order valence-electron chi connectivity index (χ0n) is 12.1. The highest BCUT2D eigenvalue weighted by Gasteiger charge is 2.18. The van der Waals surface area contributed by atoms with E-state index >= 15 is 0 Å². The van der Waals surface area contributed by atoms with Crippen molar-refractivity contribution in [3.8, 4) is 0 Å². The molecule has 21 heavy (non-hydrogen) atoms. The van der Waals surface area contributed by atoms with Gasteiger partial charge in [0.1, 0.15) is 4.90 Å². The molecule has 0 aliphatic carbocycles. The first-order chi connectivity index (χ1) is 10.1. The van der Waals surface area contributed by atoms with Gasteiger partial charge in [-0.1, -0.05) is 25.5 Å². The molecule has 2 rings (SSSR count). The molecule has 0 saturated heterocycles. The normalized spacial score (nSPS) is 11.1.